The fraction of sp³-hybridized carbons (Fsp3) is 0.157. The lowest BCUT2D eigenvalue weighted by Crippen LogP contribution is -2.04. The molecule has 9 heterocycles. The van der Waals surface area contributed by atoms with Crippen LogP contribution in [0.4, 0.5) is 0 Å². The quantitative estimate of drug-likeness (QED) is 0.0111. The first kappa shape index (κ1) is 102. The maximum absolute atomic E-state index is 12.2. The number of allylic oxidation sites excluding steroid dienone is 1. The zero-order valence-electron chi connectivity index (χ0n) is 76.0. The van der Waals surface area contributed by atoms with Crippen molar-refractivity contribution in [2.75, 3.05) is 26.6 Å². The van der Waals surface area contributed by atoms with Crippen molar-refractivity contribution in [2.24, 2.45) is 5.16 Å². The molecule has 17 aromatic rings. The van der Waals surface area contributed by atoms with E-state index in [0.717, 1.165) is 90.6 Å². The van der Waals surface area contributed by atoms with Gasteiger partial charge in [0.2, 0.25) is 15.0 Å². The topological polar surface area (TPSA) is 440 Å². The molecule has 0 saturated heterocycles. The Hall–Kier alpha value is -16.4. The Kier molecular flexibility index (Phi) is 38.9. The van der Waals surface area contributed by atoms with E-state index in [1.165, 1.54) is 37.9 Å². The van der Waals surface area contributed by atoms with Crippen LogP contribution in [0.5, 0.6) is 0 Å². The highest BCUT2D eigenvalue weighted by Crippen LogP contribution is 2.38. The van der Waals surface area contributed by atoms with Gasteiger partial charge >= 0.3 is 0 Å². The van der Waals surface area contributed by atoms with Crippen molar-refractivity contribution >= 4 is 62.0 Å². The Balaban J connectivity index is 0.000000173. The van der Waals surface area contributed by atoms with Crippen LogP contribution in [0.2, 0.25) is 0 Å². The van der Waals surface area contributed by atoms with Gasteiger partial charge in [0.25, 0.3) is 0 Å². The number of Topliss-reactive ketones (excluding diaryl/α,β-unsaturated/α-hetero) is 2. The molecule has 33 heteroatoms. The van der Waals surface area contributed by atoms with E-state index in [0.29, 0.717) is 102 Å². The van der Waals surface area contributed by atoms with Crippen LogP contribution in [0, 0.1) is 71.1 Å². The average Bonchev–Trinajstić information content (AvgIpc) is 1.66. The van der Waals surface area contributed by atoms with E-state index in [9.17, 15) is 32.7 Å². The van der Waals surface area contributed by atoms with Crippen molar-refractivity contribution in [2.45, 2.75) is 92.1 Å². The molecule has 0 aliphatic rings. The number of aryl methyl sites for hydroxylation is 7. The van der Waals surface area contributed by atoms with Gasteiger partial charge in [0, 0.05) is 89.5 Å². The fourth-order valence-corrected chi connectivity index (χ4v) is 13.4. The van der Waals surface area contributed by atoms with E-state index < -0.39 is 15.9 Å². The van der Waals surface area contributed by atoms with Gasteiger partial charge in [-0.1, -0.05) is 307 Å². The molecule has 0 bridgehead atoms. The molecular weight excluding hydrogens is 1770 g/mol. The van der Waals surface area contributed by atoms with E-state index >= 15 is 0 Å². The predicted molar refractivity (Wildman–Crippen MR) is 513 cm³/mol. The summed E-state index contributed by atoms with van der Waals surface area (Å²) in [5.74, 6) is 3.87. The van der Waals surface area contributed by atoms with Crippen molar-refractivity contribution in [1.29, 1.82) is 10.5 Å². The largest absolute Gasteiger partial charge is 0.410 e. The van der Waals surface area contributed by atoms with Gasteiger partial charge in [-0.15, -0.1) is 0 Å². The summed E-state index contributed by atoms with van der Waals surface area (Å²) in [7, 11) is 0.247. The van der Waals surface area contributed by atoms with E-state index in [-0.39, 0.29) is 34.1 Å². The van der Waals surface area contributed by atoms with Crippen LogP contribution in [-0.2, 0) is 9.84 Å². The Bertz CT molecular complexity index is 6970. The first-order valence-corrected chi connectivity index (χ1v) is 44.8. The molecule has 0 spiro atoms. The van der Waals surface area contributed by atoms with E-state index in [4.69, 9.17) is 59.0 Å². The molecule has 686 valence electrons. The number of carbonyl (C=O) groups is 4. The Morgan fingerprint density at radius 1 is 0.481 bits per heavy atom. The third kappa shape index (κ3) is 29.1. The maximum Gasteiger partial charge on any atom is 0.247 e. The highest BCUT2D eigenvalue weighted by Gasteiger charge is 2.25. The molecule has 0 radical (unpaired) electrons. The van der Waals surface area contributed by atoms with Crippen molar-refractivity contribution in [1.82, 2.24) is 60.9 Å². The zero-order valence-corrected chi connectivity index (χ0v) is 78.4. The molecule has 30 nitrogen and oxygen atoms in total. The standard InChI is InChI=1S/C15H13N3O3S.C15H13N3OS.C15H16N2O2.C12H13NO2.C12H11NO2.C11H8N2O.C11H9NO2.C9H7NO.C2H4ClNO/c1-10-13(12-8-9-16-15(17-12)22(2,19)20)14(21-18-10)11-6-4-3-5-7-11;1-10-13(12-8-9-16-15(17-12)20-2)14(19-18-10)11-6-4-3-5-7-11;1-11-14(13(18)9-10-17(2)3)15(19-16-11)12-7-5-4-6-8-12;2*1-8-11(9(2)14)12(15-13-8)10-6-4-3-5-7-10;1-8-10(7-12)11(14-13-8)9-5-3-2-4-6-9;1-8-10(7-13)11(14-12-8)9-5-3-2-4-6-9;10-7-6-9(11)8-4-2-1-3-5-8;1-2(3)4-5/h3-9H,1-2H3;3-9H,1-2H3;4-10H,1-3H3;3-7,9,14H,1-2H3;3-7H,1-2H3;2-6H,1H3;2-7H,1H3;1-5H,6H2;5H,1H3/b;;10-9+;;;;;;4-2+. The summed E-state index contributed by atoms with van der Waals surface area (Å²) in [5.41, 5.74) is 17.3. The number of halogens is 1. The number of carbonyl (C=O) groups excluding carboxylic acids is 4. The first-order chi connectivity index (χ1) is 65.0. The molecule has 0 aliphatic heterocycles. The molecule has 17 rings (SSSR count). The molecule has 9 aromatic heterocycles. The smallest absolute Gasteiger partial charge is 0.247 e. The molecule has 1 unspecified atom stereocenters. The summed E-state index contributed by atoms with van der Waals surface area (Å²) < 4.78 is 60.0. The fourth-order valence-electron chi connectivity index (χ4n) is 12.5. The van der Waals surface area contributed by atoms with Crippen LogP contribution in [0.1, 0.15) is 126 Å². The minimum atomic E-state index is -3.48. The van der Waals surface area contributed by atoms with Crippen molar-refractivity contribution < 1.29 is 69.6 Å². The summed E-state index contributed by atoms with van der Waals surface area (Å²) in [5, 5.41) is 64.8. The molecule has 8 aromatic carbocycles. The number of nitriles is 2. The van der Waals surface area contributed by atoms with Crippen molar-refractivity contribution in [3.05, 3.63) is 353 Å². The van der Waals surface area contributed by atoms with E-state index in [1.807, 2.05) is 270 Å². The summed E-state index contributed by atoms with van der Waals surface area (Å²) >= 11 is 6.48. The Morgan fingerprint density at radius 3 is 1.24 bits per heavy atom. The van der Waals surface area contributed by atoms with Crippen LogP contribution in [0.3, 0.4) is 0 Å². The Labute approximate surface area is 788 Å². The van der Waals surface area contributed by atoms with Gasteiger partial charge in [0.15, 0.2) is 69.1 Å². The van der Waals surface area contributed by atoms with Gasteiger partial charge < -0.3 is 46.9 Å². The second-order valence-electron chi connectivity index (χ2n) is 29.2. The number of hydrogen-bond acceptors (Lipinski definition) is 31. The normalized spacial score (nSPS) is 10.8. The number of rotatable bonds is 19. The van der Waals surface area contributed by atoms with Crippen LogP contribution in [-0.4, -0.2) is 135 Å². The average molecular weight is 1870 g/mol. The molecule has 135 heavy (non-hydrogen) atoms. The molecule has 0 saturated carbocycles. The summed E-state index contributed by atoms with van der Waals surface area (Å²) in [6.07, 6.45) is 9.61. The van der Waals surface area contributed by atoms with Gasteiger partial charge in [0.05, 0.1) is 103 Å². The van der Waals surface area contributed by atoms with Crippen LogP contribution < -0.4 is 0 Å². The second kappa shape index (κ2) is 51.3. The van der Waals surface area contributed by atoms with Crippen molar-refractivity contribution in [3.8, 4) is 114 Å². The lowest BCUT2D eigenvalue weighted by Gasteiger charge is -2.04. The molecule has 1 atom stereocenters. The number of hydrogen-bond donors (Lipinski definition) is 2. The molecule has 0 aliphatic carbocycles. The third-order valence-corrected chi connectivity index (χ3v) is 20.4. The number of sulfone groups is 1. The van der Waals surface area contributed by atoms with Gasteiger partial charge in [-0.05, 0) is 87.6 Å². The van der Waals surface area contributed by atoms with E-state index in [1.54, 1.807) is 84.3 Å². The monoisotopic (exact) mass is 1870 g/mol. The number of thioether (sulfide) groups is 1. The predicted octanol–water partition coefficient (Wildman–Crippen LogP) is 22.6. The molecular formula is C102H94ClN15O15S2. The van der Waals surface area contributed by atoms with Crippen LogP contribution in [0.15, 0.2) is 327 Å². The highest BCUT2D eigenvalue weighted by atomic mass is 35.5. The number of nitrogens with zero attached hydrogens (tertiary/aromatic N) is 15. The number of aliphatic hydroxyl groups is 1. The minimum Gasteiger partial charge on any atom is -0.410 e. The summed E-state index contributed by atoms with van der Waals surface area (Å²) in [6.45, 7) is 17.3. The summed E-state index contributed by atoms with van der Waals surface area (Å²) in [6, 6.07) is 83.3. The maximum atomic E-state index is 12.2. The number of oxime groups is 1. The number of aldehydes is 1. The number of aliphatic hydroxyl groups excluding tert-OH is 1. The number of aromatic nitrogens is 11. The molecule has 0 fully saturated rings. The first-order valence-electron chi connectivity index (χ1n) is 41.3. The highest BCUT2D eigenvalue weighted by molar-refractivity contribution is 7.98. The second-order valence-corrected chi connectivity index (χ2v) is 32.4. The third-order valence-electron chi connectivity index (χ3n) is 18.9. The van der Waals surface area contributed by atoms with Gasteiger partial charge in [-0.2, -0.15) is 10.5 Å². The summed E-state index contributed by atoms with van der Waals surface area (Å²) in [4.78, 5) is 63.9. The van der Waals surface area contributed by atoms with Gasteiger partial charge in [0.1, 0.15) is 16.8 Å². The Morgan fingerprint density at radius 2 is 0.830 bits per heavy atom. The van der Waals surface area contributed by atoms with Gasteiger partial charge in [-0.25, -0.2) is 28.4 Å². The lowest BCUT2D eigenvalue weighted by atomic mass is 10.0. The minimum absolute atomic E-state index is 0.0207. The lowest BCUT2D eigenvalue weighted by molar-refractivity contribution is 0.0993. The van der Waals surface area contributed by atoms with E-state index in [2.05, 4.69) is 67.3 Å². The van der Waals surface area contributed by atoms with Crippen LogP contribution in [0.25, 0.3) is 102 Å². The molecule has 2 N–H and O–H groups in total. The number of benzene rings is 8. The SMILES string of the molecule is C/C(Cl)=N\O.CC(=O)c1c(C)noc1-c1ccccc1.CSc1nccc(-c2c(C)noc2-c2ccccc2)n1.Cc1noc(-c2ccccc2)c1-c1ccnc(S(C)(=O)=O)n1.Cc1noc(-c2ccccc2)c1C#N.Cc1noc(-c2ccccc2)c1C(=O)/C=C/N(C)C.Cc1noc(-c2ccccc2)c1C(C)O.Cc1noc(-c2ccccc2)c1C=O.N#CCC(=O)c1ccccc1. The zero-order chi connectivity index (χ0) is 97.5. The van der Waals surface area contributed by atoms with Crippen LogP contribution >= 0.6 is 23.4 Å². The van der Waals surface area contributed by atoms with Crippen molar-refractivity contribution in [3.63, 3.8) is 0 Å². The van der Waals surface area contributed by atoms with Gasteiger partial charge in [-0.3, -0.25) is 19.2 Å². The molecule has 0 amide bonds. The number of ketones is 3.